The molecular weight excluding hydrogens is 328 g/mol. The number of rotatable bonds is 4. The predicted octanol–water partition coefficient (Wildman–Crippen LogP) is 2.80. The second-order valence-corrected chi connectivity index (χ2v) is 5.61. The lowest BCUT2D eigenvalue weighted by atomic mass is 10.2. The van der Waals surface area contributed by atoms with Gasteiger partial charge in [-0.1, -0.05) is 30.3 Å². The Labute approximate surface area is 150 Å². The molecule has 128 valence electrons. The molecule has 0 bridgehead atoms. The molecule has 0 aliphatic rings. The lowest BCUT2D eigenvalue weighted by Gasteiger charge is -2.08. The van der Waals surface area contributed by atoms with Gasteiger partial charge in [0, 0.05) is 17.5 Å². The van der Waals surface area contributed by atoms with Crippen molar-refractivity contribution in [2.75, 3.05) is 5.32 Å². The predicted molar refractivity (Wildman–Crippen MR) is 97.4 cm³/mol. The summed E-state index contributed by atoms with van der Waals surface area (Å²) in [5, 5.41) is 16.1. The maximum Gasteiger partial charge on any atom is 0.252 e. The van der Waals surface area contributed by atoms with E-state index in [0.29, 0.717) is 5.95 Å². The molecule has 0 spiro atoms. The minimum absolute atomic E-state index is 0.231. The number of nitrogens with one attached hydrogen (secondary N) is 1. The van der Waals surface area contributed by atoms with Crippen LogP contribution in [0.2, 0.25) is 0 Å². The van der Waals surface area contributed by atoms with Crippen LogP contribution in [0.25, 0.3) is 12.0 Å². The number of hydrogen-bond acceptors (Lipinski definition) is 5. The van der Waals surface area contributed by atoms with E-state index in [0.717, 1.165) is 17.0 Å². The Morgan fingerprint density at radius 1 is 1.19 bits per heavy atom. The number of aryl methyl sites for hydroxylation is 2. The summed E-state index contributed by atoms with van der Waals surface area (Å²) in [6.07, 6.45) is 4.46. The Hall–Kier alpha value is -3.79. The zero-order valence-electron chi connectivity index (χ0n) is 14.3. The first-order valence-electron chi connectivity index (χ1n) is 7.91. The molecule has 1 aromatic carbocycles. The number of amides is 1. The zero-order chi connectivity index (χ0) is 18.5. The van der Waals surface area contributed by atoms with Gasteiger partial charge in [0.05, 0.1) is 6.20 Å². The van der Waals surface area contributed by atoms with Crippen molar-refractivity contribution in [3.63, 3.8) is 0 Å². The highest BCUT2D eigenvalue weighted by molar-refractivity contribution is 6.02. The van der Waals surface area contributed by atoms with Crippen LogP contribution in [0.3, 0.4) is 0 Å². The molecule has 0 aliphatic heterocycles. The first-order valence-corrected chi connectivity index (χ1v) is 7.91. The monoisotopic (exact) mass is 344 g/mol. The molecule has 0 saturated heterocycles. The van der Waals surface area contributed by atoms with E-state index in [1.165, 1.54) is 17.0 Å². The van der Waals surface area contributed by atoms with E-state index in [4.69, 9.17) is 0 Å². The van der Waals surface area contributed by atoms with Gasteiger partial charge in [0.1, 0.15) is 11.6 Å². The number of nitrogens with zero attached hydrogens (tertiary/aromatic N) is 5. The fourth-order valence-corrected chi connectivity index (χ4v) is 2.40. The van der Waals surface area contributed by atoms with Crippen LogP contribution in [0.4, 0.5) is 5.82 Å². The lowest BCUT2D eigenvalue weighted by molar-refractivity contribution is -0.111. The van der Waals surface area contributed by atoms with E-state index in [2.05, 4.69) is 20.4 Å². The Balaban J connectivity index is 1.90. The SMILES string of the molecule is Cc1cc(C)nc(-n2ncc(C#N)c2NC(=O)C=Cc2ccccc2)n1. The van der Waals surface area contributed by atoms with Crippen molar-refractivity contribution < 1.29 is 4.79 Å². The number of anilines is 1. The minimum Gasteiger partial charge on any atom is -0.306 e. The summed E-state index contributed by atoms with van der Waals surface area (Å²) in [6, 6.07) is 13.3. The summed E-state index contributed by atoms with van der Waals surface area (Å²) in [5.41, 5.74) is 2.66. The van der Waals surface area contributed by atoms with E-state index in [-0.39, 0.29) is 17.3 Å². The quantitative estimate of drug-likeness (QED) is 0.734. The zero-order valence-corrected chi connectivity index (χ0v) is 14.3. The largest absolute Gasteiger partial charge is 0.306 e. The lowest BCUT2D eigenvalue weighted by Crippen LogP contribution is -2.15. The van der Waals surface area contributed by atoms with Crippen molar-refractivity contribution in [2.45, 2.75) is 13.8 Å². The molecule has 2 heterocycles. The van der Waals surface area contributed by atoms with Crippen molar-refractivity contribution in [2.24, 2.45) is 0 Å². The van der Waals surface area contributed by atoms with Crippen LogP contribution in [-0.2, 0) is 4.79 Å². The van der Waals surface area contributed by atoms with Crippen molar-refractivity contribution in [1.82, 2.24) is 19.7 Å². The van der Waals surface area contributed by atoms with Crippen LogP contribution in [0.1, 0.15) is 22.5 Å². The van der Waals surface area contributed by atoms with E-state index in [1.54, 1.807) is 6.08 Å². The Morgan fingerprint density at radius 3 is 2.54 bits per heavy atom. The van der Waals surface area contributed by atoms with Gasteiger partial charge in [0.15, 0.2) is 5.82 Å². The minimum atomic E-state index is -0.378. The first-order chi connectivity index (χ1) is 12.6. The molecule has 0 fully saturated rings. The number of nitriles is 1. The number of benzene rings is 1. The van der Waals surface area contributed by atoms with E-state index in [9.17, 15) is 10.1 Å². The van der Waals surface area contributed by atoms with Gasteiger partial charge in [-0.15, -0.1) is 0 Å². The fraction of sp³-hybridized carbons (Fsp3) is 0.105. The first kappa shape index (κ1) is 17.0. The Kier molecular flexibility index (Phi) is 4.85. The Morgan fingerprint density at radius 2 is 1.88 bits per heavy atom. The molecule has 3 rings (SSSR count). The smallest absolute Gasteiger partial charge is 0.252 e. The normalized spacial score (nSPS) is 10.7. The molecule has 7 heteroatoms. The third-order valence-electron chi connectivity index (χ3n) is 3.52. The number of carbonyl (C=O) groups excluding carboxylic acids is 1. The van der Waals surface area contributed by atoms with Crippen LogP contribution in [0.15, 0.2) is 48.7 Å². The molecule has 7 nitrogen and oxygen atoms in total. The number of carbonyl (C=O) groups is 1. The molecule has 0 aliphatic carbocycles. The average Bonchev–Trinajstić information content (AvgIpc) is 3.02. The second kappa shape index (κ2) is 7.40. The molecule has 2 aromatic heterocycles. The summed E-state index contributed by atoms with van der Waals surface area (Å²) >= 11 is 0. The van der Waals surface area contributed by atoms with Gasteiger partial charge in [0.25, 0.3) is 5.95 Å². The van der Waals surface area contributed by atoms with Crippen LogP contribution in [0, 0.1) is 25.2 Å². The summed E-state index contributed by atoms with van der Waals surface area (Å²) in [7, 11) is 0. The van der Waals surface area contributed by atoms with E-state index < -0.39 is 0 Å². The fourth-order valence-electron chi connectivity index (χ4n) is 2.40. The van der Waals surface area contributed by atoms with Gasteiger partial charge in [-0.2, -0.15) is 15.0 Å². The highest BCUT2D eigenvalue weighted by Gasteiger charge is 2.16. The highest BCUT2D eigenvalue weighted by Crippen LogP contribution is 2.18. The molecule has 0 unspecified atom stereocenters. The maximum absolute atomic E-state index is 12.3. The summed E-state index contributed by atoms with van der Waals surface area (Å²) < 4.78 is 1.35. The number of hydrogen-bond donors (Lipinski definition) is 1. The van der Waals surface area contributed by atoms with Crippen LogP contribution < -0.4 is 5.32 Å². The van der Waals surface area contributed by atoms with Crippen molar-refractivity contribution in [3.8, 4) is 12.0 Å². The third-order valence-corrected chi connectivity index (χ3v) is 3.52. The van der Waals surface area contributed by atoms with Crippen molar-refractivity contribution >= 4 is 17.8 Å². The van der Waals surface area contributed by atoms with Gasteiger partial charge in [0.2, 0.25) is 5.91 Å². The van der Waals surface area contributed by atoms with Crippen LogP contribution in [-0.4, -0.2) is 25.7 Å². The molecule has 1 N–H and O–H groups in total. The van der Waals surface area contributed by atoms with Gasteiger partial charge < -0.3 is 5.32 Å². The number of aromatic nitrogens is 4. The maximum atomic E-state index is 12.3. The average molecular weight is 344 g/mol. The van der Waals surface area contributed by atoms with E-state index >= 15 is 0 Å². The van der Waals surface area contributed by atoms with Crippen molar-refractivity contribution in [1.29, 1.82) is 5.26 Å². The highest BCUT2D eigenvalue weighted by atomic mass is 16.1. The molecule has 26 heavy (non-hydrogen) atoms. The van der Waals surface area contributed by atoms with Crippen LogP contribution >= 0.6 is 0 Å². The molecular formula is C19H16N6O. The Bertz CT molecular complexity index is 994. The molecule has 0 radical (unpaired) electrons. The summed E-state index contributed by atoms with van der Waals surface area (Å²) in [4.78, 5) is 20.9. The van der Waals surface area contributed by atoms with Crippen molar-refractivity contribution in [3.05, 3.63) is 71.2 Å². The van der Waals surface area contributed by atoms with Crippen LogP contribution in [0.5, 0.6) is 0 Å². The van der Waals surface area contributed by atoms with Gasteiger partial charge in [-0.25, -0.2) is 9.97 Å². The van der Waals surface area contributed by atoms with E-state index in [1.807, 2.05) is 56.3 Å². The molecule has 1 amide bonds. The van der Waals surface area contributed by atoms with Gasteiger partial charge in [-0.05, 0) is 31.6 Å². The second-order valence-electron chi connectivity index (χ2n) is 5.61. The van der Waals surface area contributed by atoms with Gasteiger partial charge >= 0.3 is 0 Å². The van der Waals surface area contributed by atoms with Gasteiger partial charge in [-0.3, -0.25) is 4.79 Å². The topological polar surface area (TPSA) is 96.5 Å². The molecule has 3 aromatic rings. The molecule has 0 atom stereocenters. The summed E-state index contributed by atoms with van der Waals surface area (Å²) in [5.74, 6) is 0.156. The third kappa shape index (κ3) is 3.82. The molecule has 0 saturated carbocycles. The summed E-state index contributed by atoms with van der Waals surface area (Å²) in [6.45, 7) is 3.68. The standard InChI is InChI=1S/C19H16N6O/c1-13-10-14(2)23-19(22-13)25-18(16(11-20)12-21-25)24-17(26)9-8-15-6-4-3-5-7-15/h3-10,12H,1-2H3,(H,24,26).